The largest absolute Gasteiger partial charge is 4.00 e. The maximum Gasteiger partial charge on any atom is 4.00 e. The first-order valence-electron chi connectivity index (χ1n) is 3.75. The molecule has 0 radical (unpaired) electrons. The second-order valence-electron chi connectivity index (χ2n) is 3.12. The molecule has 1 rings (SSSR count). The van der Waals surface area contributed by atoms with Gasteiger partial charge in [-0.2, -0.15) is 27.8 Å². The number of rotatable bonds is 0. The van der Waals surface area contributed by atoms with Crippen molar-refractivity contribution in [1.29, 1.82) is 0 Å². The number of hydrogen-bond donors (Lipinski definition) is 0. The van der Waals surface area contributed by atoms with Gasteiger partial charge in [0.25, 0.3) is 0 Å². The third kappa shape index (κ3) is 4.31. The van der Waals surface area contributed by atoms with E-state index in [2.05, 4.69) is 34.6 Å². The fourth-order valence-corrected chi connectivity index (χ4v) is 1.41. The molecule has 14 heavy (non-hydrogen) atoms. The number of hydrogen-bond acceptors (Lipinski definition) is 0. The van der Waals surface area contributed by atoms with Gasteiger partial charge in [0, 0.05) is 0 Å². The summed E-state index contributed by atoms with van der Waals surface area (Å²) in [5.74, 6) is 0. The van der Waals surface area contributed by atoms with Crippen LogP contribution in [0.15, 0.2) is 0 Å². The topological polar surface area (TPSA) is 0 Å². The SMILES string of the molecule is Cc1c(C)c(C)[c-](C)c1C.[Cl-].[Cl-].[Cl-].[Zr+4]. The predicted molar refractivity (Wildman–Crippen MR) is 45.7 cm³/mol. The molecule has 0 N–H and O–H groups in total. The molecule has 0 amide bonds. The van der Waals surface area contributed by atoms with Crippen molar-refractivity contribution in [1.82, 2.24) is 0 Å². The number of halogens is 3. The predicted octanol–water partition coefficient (Wildman–Crippen LogP) is -6.04. The average molecular weight is 333 g/mol. The van der Waals surface area contributed by atoms with Crippen LogP contribution in [0.3, 0.4) is 0 Å². The second kappa shape index (κ2) is 9.34. The van der Waals surface area contributed by atoms with Crippen LogP contribution < -0.4 is 37.2 Å². The molecular formula is C10H15Cl3Zr. The van der Waals surface area contributed by atoms with Gasteiger partial charge in [0.05, 0.1) is 0 Å². The van der Waals surface area contributed by atoms with Gasteiger partial charge in [0.1, 0.15) is 0 Å². The maximum atomic E-state index is 2.20. The minimum absolute atomic E-state index is 0. The normalized spacial score (nSPS) is 7.50. The van der Waals surface area contributed by atoms with E-state index in [1.807, 2.05) is 0 Å². The van der Waals surface area contributed by atoms with Gasteiger partial charge in [-0.05, 0) is 0 Å². The summed E-state index contributed by atoms with van der Waals surface area (Å²) in [6, 6.07) is 0. The Labute approximate surface area is 125 Å². The molecule has 4 heteroatoms. The first kappa shape index (κ1) is 24.4. The minimum atomic E-state index is 0. The Morgan fingerprint density at radius 3 is 1.00 bits per heavy atom. The molecular weight excluding hydrogens is 318 g/mol. The van der Waals surface area contributed by atoms with E-state index in [1.54, 1.807) is 0 Å². The molecule has 0 aromatic heterocycles. The molecule has 1 aromatic rings. The van der Waals surface area contributed by atoms with Crippen molar-refractivity contribution in [3.05, 3.63) is 27.8 Å². The van der Waals surface area contributed by atoms with Gasteiger partial charge in [-0.25, -0.2) is 0 Å². The van der Waals surface area contributed by atoms with Crippen molar-refractivity contribution in [2.75, 3.05) is 0 Å². The maximum absolute atomic E-state index is 2.20. The van der Waals surface area contributed by atoms with Gasteiger partial charge in [-0.1, -0.05) is 34.6 Å². The van der Waals surface area contributed by atoms with Gasteiger partial charge < -0.3 is 37.2 Å². The van der Waals surface area contributed by atoms with Crippen molar-refractivity contribution in [3.8, 4) is 0 Å². The summed E-state index contributed by atoms with van der Waals surface area (Å²) in [5, 5.41) is 0. The summed E-state index contributed by atoms with van der Waals surface area (Å²) in [6.07, 6.45) is 0. The average Bonchev–Trinajstić information content (AvgIpc) is 2.07. The molecule has 0 saturated carbocycles. The minimum Gasteiger partial charge on any atom is -1.00 e. The van der Waals surface area contributed by atoms with Crippen LogP contribution in [0.1, 0.15) is 27.8 Å². The van der Waals surface area contributed by atoms with Gasteiger partial charge >= 0.3 is 26.2 Å². The van der Waals surface area contributed by atoms with Crippen LogP contribution in [0.5, 0.6) is 0 Å². The van der Waals surface area contributed by atoms with E-state index >= 15 is 0 Å². The Bertz CT molecular complexity index is 187. The first-order chi connectivity index (χ1) is 4.55. The Morgan fingerprint density at radius 2 is 0.929 bits per heavy atom. The molecule has 0 saturated heterocycles. The molecule has 0 aliphatic heterocycles. The van der Waals surface area contributed by atoms with Crippen LogP contribution in [0.25, 0.3) is 0 Å². The quantitative estimate of drug-likeness (QED) is 0.415. The zero-order valence-corrected chi connectivity index (χ0v) is 13.9. The first-order valence-corrected chi connectivity index (χ1v) is 3.75. The molecule has 0 heterocycles. The van der Waals surface area contributed by atoms with Gasteiger partial charge in [-0.15, -0.1) is 0 Å². The van der Waals surface area contributed by atoms with Crippen molar-refractivity contribution in [2.24, 2.45) is 0 Å². The van der Waals surface area contributed by atoms with E-state index in [0.717, 1.165) is 0 Å². The Kier molecular flexibility index (Phi) is 16.3. The molecule has 1 aromatic carbocycles. The zero-order valence-electron chi connectivity index (χ0n) is 9.13. The standard InChI is InChI=1S/C10H15.3ClH.Zr/c1-6-7(2)9(4)10(5)8(6)3;;;;/h1-5H3;3*1H;/q-1;;;;+4/p-3. The van der Waals surface area contributed by atoms with E-state index in [4.69, 9.17) is 0 Å². The summed E-state index contributed by atoms with van der Waals surface area (Å²) < 4.78 is 0. The van der Waals surface area contributed by atoms with Crippen molar-refractivity contribution < 1.29 is 63.4 Å². The molecule has 0 unspecified atom stereocenters. The van der Waals surface area contributed by atoms with E-state index in [0.29, 0.717) is 0 Å². The summed E-state index contributed by atoms with van der Waals surface area (Å²) >= 11 is 0. The molecule has 80 valence electrons. The van der Waals surface area contributed by atoms with Crippen LogP contribution in [0.2, 0.25) is 0 Å². The Balaban J connectivity index is -0.000000125. The van der Waals surface area contributed by atoms with Gasteiger partial charge in [-0.3, -0.25) is 0 Å². The summed E-state index contributed by atoms with van der Waals surface area (Å²) in [4.78, 5) is 0. The fourth-order valence-electron chi connectivity index (χ4n) is 1.41. The van der Waals surface area contributed by atoms with Crippen LogP contribution in [0, 0.1) is 34.6 Å². The summed E-state index contributed by atoms with van der Waals surface area (Å²) in [6.45, 7) is 11.0. The van der Waals surface area contributed by atoms with Gasteiger partial charge in [0.2, 0.25) is 0 Å². The van der Waals surface area contributed by atoms with Crippen LogP contribution >= 0.6 is 0 Å². The van der Waals surface area contributed by atoms with Crippen molar-refractivity contribution in [3.63, 3.8) is 0 Å². The Morgan fingerprint density at radius 1 is 0.714 bits per heavy atom. The van der Waals surface area contributed by atoms with Crippen LogP contribution in [-0.2, 0) is 26.2 Å². The van der Waals surface area contributed by atoms with E-state index in [9.17, 15) is 0 Å². The summed E-state index contributed by atoms with van der Waals surface area (Å²) in [7, 11) is 0. The molecule has 0 aliphatic carbocycles. The molecule has 0 fully saturated rings. The summed E-state index contributed by atoms with van der Waals surface area (Å²) in [5.41, 5.74) is 7.34. The second-order valence-corrected chi connectivity index (χ2v) is 3.12. The van der Waals surface area contributed by atoms with Crippen molar-refractivity contribution in [2.45, 2.75) is 34.6 Å². The fraction of sp³-hybridized carbons (Fsp3) is 0.500. The Hall–Kier alpha value is 1.10. The molecule has 0 nitrogen and oxygen atoms in total. The van der Waals surface area contributed by atoms with E-state index < -0.39 is 0 Å². The smallest absolute Gasteiger partial charge is 1.00 e. The van der Waals surface area contributed by atoms with E-state index in [1.165, 1.54) is 27.8 Å². The third-order valence-corrected chi connectivity index (χ3v) is 2.81. The van der Waals surface area contributed by atoms with Gasteiger partial charge in [0.15, 0.2) is 0 Å². The molecule has 0 bridgehead atoms. The van der Waals surface area contributed by atoms with Crippen LogP contribution in [0.4, 0.5) is 0 Å². The van der Waals surface area contributed by atoms with E-state index in [-0.39, 0.29) is 63.4 Å². The third-order valence-electron chi connectivity index (χ3n) is 2.81. The molecule has 0 spiro atoms. The zero-order chi connectivity index (χ0) is 7.89. The molecule has 0 aliphatic rings. The monoisotopic (exact) mass is 330 g/mol. The van der Waals surface area contributed by atoms with Crippen LogP contribution in [-0.4, -0.2) is 0 Å². The van der Waals surface area contributed by atoms with Crippen molar-refractivity contribution >= 4 is 0 Å². The molecule has 0 atom stereocenters.